The topological polar surface area (TPSA) is 37.3 Å². The standard InChI is InChI=1S/C16H32O2S.Cu/c1-2-3-4-5-6-7-8-9-10-11-12-13-14-19-15-16(17)18;/h2-15H2,1H3,(H,17,18);. The van der Waals surface area contributed by atoms with Crippen LogP contribution in [0.5, 0.6) is 0 Å². The third-order valence-corrected chi connectivity index (χ3v) is 4.40. The largest absolute Gasteiger partial charge is 0.481 e. The van der Waals surface area contributed by atoms with E-state index in [0.717, 1.165) is 5.75 Å². The number of rotatable bonds is 15. The number of hydrogen-bond donors (Lipinski definition) is 1. The smallest absolute Gasteiger partial charge is 0.313 e. The number of carboxylic acid groups (broad SMARTS) is 1. The van der Waals surface area contributed by atoms with Gasteiger partial charge in [0.2, 0.25) is 0 Å². The normalized spacial score (nSPS) is 10.2. The second-order valence-corrected chi connectivity index (χ2v) is 6.44. The predicted molar refractivity (Wildman–Crippen MR) is 86.0 cm³/mol. The Morgan fingerprint density at radius 3 is 1.60 bits per heavy atom. The Labute approximate surface area is 140 Å². The molecule has 0 saturated heterocycles. The number of carbonyl (C=O) groups is 1. The van der Waals surface area contributed by atoms with Crippen LogP contribution in [0.2, 0.25) is 0 Å². The van der Waals surface area contributed by atoms with Crippen LogP contribution < -0.4 is 0 Å². The molecule has 0 amide bonds. The van der Waals surface area contributed by atoms with Gasteiger partial charge in [-0.1, -0.05) is 77.6 Å². The van der Waals surface area contributed by atoms with Crippen molar-refractivity contribution in [3.8, 4) is 0 Å². The summed E-state index contributed by atoms with van der Waals surface area (Å²) < 4.78 is 0. The van der Waals surface area contributed by atoms with Crippen molar-refractivity contribution in [3.63, 3.8) is 0 Å². The van der Waals surface area contributed by atoms with Crippen LogP contribution >= 0.6 is 11.8 Å². The molecule has 0 aliphatic heterocycles. The molecule has 0 aliphatic carbocycles. The fourth-order valence-electron chi connectivity index (χ4n) is 2.20. The van der Waals surface area contributed by atoms with Crippen molar-refractivity contribution in [2.45, 2.75) is 84.0 Å². The Morgan fingerprint density at radius 1 is 0.800 bits per heavy atom. The Balaban J connectivity index is 0. The van der Waals surface area contributed by atoms with Crippen molar-refractivity contribution in [3.05, 3.63) is 0 Å². The van der Waals surface area contributed by atoms with E-state index in [9.17, 15) is 4.79 Å². The number of carboxylic acids is 1. The molecule has 20 heavy (non-hydrogen) atoms. The minimum atomic E-state index is -0.691. The molecule has 4 heteroatoms. The average Bonchev–Trinajstić information content (AvgIpc) is 2.39. The predicted octanol–water partition coefficient (Wildman–Crippen LogP) is 5.50. The first-order chi connectivity index (χ1) is 9.27. The van der Waals surface area contributed by atoms with E-state index in [2.05, 4.69) is 6.92 Å². The van der Waals surface area contributed by atoms with Gasteiger partial charge >= 0.3 is 5.97 Å². The van der Waals surface area contributed by atoms with Crippen molar-refractivity contribution >= 4 is 17.7 Å². The van der Waals surface area contributed by atoms with Gasteiger partial charge in [-0.2, -0.15) is 11.8 Å². The minimum absolute atomic E-state index is 0. The molecule has 0 aromatic heterocycles. The SMILES string of the molecule is CCCCCCCCCCCCCCSCC(=O)O.[Cu]. The van der Waals surface area contributed by atoms with Crippen LogP contribution in [-0.4, -0.2) is 22.6 Å². The molecule has 0 aromatic rings. The van der Waals surface area contributed by atoms with Crippen molar-refractivity contribution in [2.75, 3.05) is 11.5 Å². The molecule has 0 unspecified atom stereocenters. The van der Waals surface area contributed by atoms with Crippen LogP contribution in [0.4, 0.5) is 0 Å². The Morgan fingerprint density at radius 2 is 1.20 bits per heavy atom. The second-order valence-electron chi connectivity index (χ2n) is 5.34. The molecule has 0 heterocycles. The van der Waals surface area contributed by atoms with Gasteiger partial charge in [0.25, 0.3) is 0 Å². The summed E-state index contributed by atoms with van der Waals surface area (Å²) in [6.07, 6.45) is 16.3. The summed E-state index contributed by atoms with van der Waals surface area (Å²) in [5.74, 6) is 0.575. The molecular weight excluding hydrogens is 320 g/mol. The number of unbranched alkanes of at least 4 members (excludes halogenated alkanes) is 11. The van der Waals surface area contributed by atoms with E-state index in [1.165, 1.54) is 77.0 Å². The van der Waals surface area contributed by atoms with Gasteiger partial charge in [-0.15, -0.1) is 0 Å². The van der Waals surface area contributed by atoms with Gasteiger partial charge in [-0.25, -0.2) is 0 Å². The van der Waals surface area contributed by atoms with Crippen molar-refractivity contribution in [1.29, 1.82) is 0 Å². The molecule has 0 spiro atoms. The van der Waals surface area contributed by atoms with E-state index in [1.807, 2.05) is 0 Å². The Hall–Kier alpha value is 0.339. The summed E-state index contributed by atoms with van der Waals surface area (Å²) in [6, 6.07) is 0. The first kappa shape index (κ1) is 22.6. The molecular formula is C16H32CuO2S. The summed E-state index contributed by atoms with van der Waals surface area (Å²) in [6.45, 7) is 2.26. The second kappa shape index (κ2) is 19.3. The van der Waals surface area contributed by atoms with Gasteiger partial charge < -0.3 is 5.11 Å². The van der Waals surface area contributed by atoms with Crippen LogP contribution in [0.1, 0.15) is 84.0 Å². The summed E-state index contributed by atoms with van der Waals surface area (Å²) >= 11 is 1.54. The van der Waals surface area contributed by atoms with Crippen molar-refractivity contribution in [2.24, 2.45) is 0 Å². The monoisotopic (exact) mass is 351 g/mol. The molecule has 1 radical (unpaired) electrons. The van der Waals surface area contributed by atoms with E-state index in [4.69, 9.17) is 5.11 Å². The third kappa shape index (κ3) is 20.7. The summed E-state index contributed by atoms with van der Waals surface area (Å²) in [5, 5.41) is 8.48. The van der Waals surface area contributed by atoms with E-state index in [1.54, 1.807) is 11.8 Å². The quantitative estimate of drug-likeness (QED) is 0.312. The zero-order valence-corrected chi connectivity index (χ0v) is 14.7. The van der Waals surface area contributed by atoms with Crippen LogP contribution in [-0.2, 0) is 21.9 Å². The van der Waals surface area contributed by atoms with E-state index < -0.39 is 5.97 Å². The van der Waals surface area contributed by atoms with Gasteiger partial charge in [0.05, 0.1) is 5.75 Å². The molecule has 0 bridgehead atoms. The van der Waals surface area contributed by atoms with E-state index >= 15 is 0 Å². The molecule has 1 N–H and O–H groups in total. The zero-order valence-electron chi connectivity index (χ0n) is 13.0. The molecule has 125 valence electrons. The summed E-state index contributed by atoms with van der Waals surface area (Å²) in [5.41, 5.74) is 0. The van der Waals surface area contributed by atoms with Gasteiger partial charge in [0.1, 0.15) is 0 Å². The van der Waals surface area contributed by atoms with E-state index in [0.29, 0.717) is 0 Å². The minimum Gasteiger partial charge on any atom is -0.481 e. The molecule has 0 aliphatic rings. The molecule has 2 nitrogen and oxygen atoms in total. The molecule has 0 fully saturated rings. The average molecular weight is 352 g/mol. The van der Waals surface area contributed by atoms with Gasteiger partial charge in [0, 0.05) is 17.1 Å². The van der Waals surface area contributed by atoms with E-state index in [-0.39, 0.29) is 22.8 Å². The fourth-order valence-corrected chi connectivity index (χ4v) is 2.93. The van der Waals surface area contributed by atoms with Gasteiger partial charge in [0.15, 0.2) is 0 Å². The Kier molecular flexibility index (Phi) is 21.9. The first-order valence-electron chi connectivity index (χ1n) is 8.07. The van der Waals surface area contributed by atoms with Crippen LogP contribution in [0.3, 0.4) is 0 Å². The van der Waals surface area contributed by atoms with Crippen LogP contribution in [0.25, 0.3) is 0 Å². The van der Waals surface area contributed by atoms with Crippen LogP contribution in [0, 0.1) is 0 Å². The van der Waals surface area contributed by atoms with Gasteiger partial charge in [-0.05, 0) is 12.2 Å². The maximum Gasteiger partial charge on any atom is 0.313 e. The fraction of sp³-hybridized carbons (Fsp3) is 0.938. The van der Waals surface area contributed by atoms with Crippen molar-refractivity contribution in [1.82, 2.24) is 0 Å². The maximum atomic E-state index is 10.3. The number of hydrogen-bond acceptors (Lipinski definition) is 2. The number of thioether (sulfide) groups is 1. The van der Waals surface area contributed by atoms with Crippen molar-refractivity contribution < 1.29 is 27.0 Å². The Bertz CT molecular complexity index is 201. The first-order valence-corrected chi connectivity index (χ1v) is 9.22. The zero-order chi connectivity index (χ0) is 14.2. The maximum absolute atomic E-state index is 10.3. The molecule has 0 rings (SSSR count). The summed E-state index contributed by atoms with van der Waals surface area (Å²) in [4.78, 5) is 10.3. The molecule has 0 aromatic carbocycles. The molecule has 0 saturated carbocycles. The van der Waals surface area contributed by atoms with Gasteiger partial charge in [-0.3, -0.25) is 4.79 Å². The summed E-state index contributed by atoms with van der Waals surface area (Å²) in [7, 11) is 0. The number of aliphatic carboxylic acids is 1. The van der Waals surface area contributed by atoms with Crippen LogP contribution in [0.15, 0.2) is 0 Å². The molecule has 0 atom stereocenters. The third-order valence-electron chi connectivity index (χ3n) is 3.37.